The first kappa shape index (κ1) is 14.8. The van der Waals surface area contributed by atoms with Crippen molar-refractivity contribution in [2.75, 3.05) is 31.9 Å². The van der Waals surface area contributed by atoms with Crippen LogP contribution in [0.1, 0.15) is 51.4 Å². The van der Waals surface area contributed by atoms with Crippen LogP contribution in [-0.4, -0.2) is 44.7 Å². The minimum absolute atomic E-state index is 0.316. The molecule has 3 aliphatic rings. The Morgan fingerprint density at radius 2 is 1.75 bits per heavy atom. The summed E-state index contributed by atoms with van der Waals surface area (Å²) in [5, 5.41) is 3.32. The van der Waals surface area contributed by atoms with E-state index in [0.29, 0.717) is 17.1 Å². The van der Waals surface area contributed by atoms with Crippen LogP contribution in [0.2, 0.25) is 0 Å². The van der Waals surface area contributed by atoms with Crippen molar-refractivity contribution in [3.05, 3.63) is 0 Å². The SMILES string of the molecule is O=S(=O)(CC1CCCNC1)N1CCC2(CCCC2)CC1. The van der Waals surface area contributed by atoms with E-state index in [1.54, 1.807) is 4.31 Å². The van der Waals surface area contributed by atoms with Crippen molar-refractivity contribution >= 4 is 10.0 Å². The van der Waals surface area contributed by atoms with Gasteiger partial charge in [-0.25, -0.2) is 12.7 Å². The lowest BCUT2D eigenvalue weighted by molar-refractivity contribution is 0.160. The number of nitrogens with zero attached hydrogens (tertiary/aromatic N) is 1. The molecule has 4 nitrogen and oxygen atoms in total. The Kier molecular flexibility index (Phi) is 4.39. The summed E-state index contributed by atoms with van der Waals surface area (Å²) in [6, 6.07) is 0. The van der Waals surface area contributed by atoms with Crippen LogP contribution < -0.4 is 5.32 Å². The summed E-state index contributed by atoms with van der Waals surface area (Å²) in [7, 11) is -3.04. The second-order valence-electron chi connectivity index (χ2n) is 7.10. The standard InChI is InChI=1S/C15H28N2O2S/c18-20(19,13-14-4-3-9-16-12-14)17-10-7-15(8-11-17)5-1-2-6-15/h14,16H,1-13H2. The van der Waals surface area contributed by atoms with E-state index in [-0.39, 0.29) is 0 Å². The third kappa shape index (κ3) is 3.20. The highest BCUT2D eigenvalue weighted by atomic mass is 32.2. The van der Waals surface area contributed by atoms with Gasteiger partial charge < -0.3 is 5.32 Å². The zero-order valence-corrected chi connectivity index (χ0v) is 13.3. The van der Waals surface area contributed by atoms with Crippen LogP contribution in [0, 0.1) is 11.3 Å². The second-order valence-corrected chi connectivity index (χ2v) is 9.11. The van der Waals surface area contributed by atoms with Crippen molar-refractivity contribution in [1.29, 1.82) is 0 Å². The average Bonchev–Trinajstić information content (AvgIpc) is 2.88. The topological polar surface area (TPSA) is 49.4 Å². The van der Waals surface area contributed by atoms with Gasteiger partial charge in [-0.2, -0.15) is 0 Å². The molecule has 0 radical (unpaired) electrons. The minimum atomic E-state index is -3.04. The van der Waals surface area contributed by atoms with E-state index in [1.165, 1.54) is 25.7 Å². The molecule has 1 spiro atoms. The summed E-state index contributed by atoms with van der Waals surface area (Å²) in [5.41, 5.74) is 0.498. The van der Waals surface area contributed by atoms with Gasteiger partial charge in [0.2, 0.25) is 10.0 Å². The molecule has 0 aromatic carbocycles. The highest BCUT2D eigenvalue weighted by molar-refractivity contribution is 7.89. The van der Waals surface area contributed by atoms with Crippen molar-refractivity contribution in [2.24, 2.45) is 11.3 Å². The maximum atomic E-state index is 12.6. The first-order valence-corrected chi connectivity index (χ1v) is 9.89. The second kappa shape index (κ2) is 5.93. The van der Waals surface area contributed by atoms with Gasteiger partial charge in [0.05, 0.1) is 5.75 Å². The van der Waals surface area contributed by atoms with E-state index in [9.17, 15) is 8.42 Å². The molecule has 1 unspecified atom stereocenters. The molecule has 0 aromatic heterocycles. The number of sulfonamides is 1. The van der Waals surface area contributed by atoms with E-state index in [4.69, 9.17) is 0 Å². The predicted molar refractivity (Wildman–Crippen MR) is 81.1 cm³/mol. The summed E-state index contributed by atoms with van der Waals surface area (Å²) >= 11 is 0. The van der Waals surface area contributed by atoms with Crippen LogP contribution in [-0.2, 0) is 10.0 Å². The molecule has 20 heavy (non-hydrogen) atoms. The summed E-state index contributed by atoms with van der Waals surface area (Å²) in [5.74, 6) is 0.670. The first-order chi connectivity index (χ1) is 9.60. The Labute approximate surface area is 123 Å². The molecule has 0 bridgehead atoms. The fraction of sp³-hybridized carbons (Fsp3) is 1.00. The Morgan fingerprint density at radius 1 is 1.05 bits per heavy atom. The number of rotatable bonds is 3. The normalized spacial score (nSPS) is 31.7. The van der Waals surface area contributed by atoms with Crippen LogP contribution in [0.15, 0.2) is 0 Å². The van der Waals surface area contributed by atoms with E-state index in [1.807, 2.05) is 0 Å². The van der Waals surface area contributed by atoms with Gasteiger partial charge in [0.25, 0.3) is 0 Å². The molecule has 0 amide bonds. The molecule has 3 rings (SSSR count). The van der Waals surface area contributed by atoms with E-state index in [0.717, 1.165) is 51.9 Å². The van der Waals surface area contributed by atoms with E-state index >= 15 is 0 Å². The zero-order chi connectivity index (χ0) is 14.1. The number of nitrogens with one attached hydrogen (secondary N) is 1. The number of hydrogen-bond acceptors (Lipinski definition) is 3. The molecule has 0 aromatic rings. The monoisotopic (exact) mass is 300 g/mol. The van der Waals surface area contributed by atoms with Gasteiger partial charge in [0.15, 0.2) is 0 Å². The summed E-state index contributed by atoms with van der Waals surface area (Å²) in [6.45, 7) is 3.45. The highest BCUT2D eigenvalue weighted by Gasteiger charge is 2.40. The largest absolute Gasteiger partial charge is 0.316 e. The smallest absolute Gasteiger partial charge is 0.214 e. The lowest BCUT2D eigenvalue weighted by Crippen LogP contribution is -2.45. The van der Waals surface area contributed by atoms with Crippen molar-refractivity contribution in [3.63, 3.8) is 0 Å². The maximum absolute atomic E-state index is 12.6. The average molecular weight is 300 g/mol. The van der Waals surface area contributed by atoms with Gasteiger partial charge in [-0.05, 0) is 62.9 Å². The molecule has 116 valence electrons. The Bertz CT molecular complexity index is 413. The zero-order valence-electron chi connectivity index (χ0n) is 12.4. The Balaban J connectivity index is 1.55. The molecular weight excluding hydrogens is 272 g/mol. The van der Waals surface area contributed by atoms with Gasteiger partial charge in [-0.1, -0.05) is 12.8 Å². The van der Waals surface area contributed by atoms with Crippen molar-refractivity contribution < 1.29 is 8.42 Å². The molecule has 1 aliphatic carbocycles. The van der Waals surface area contributed by atoms with Crippen LogP contribution in [0.5, 0.6) is 0 Å². The number of hydrogen-bond donors (Lipinski definition) is 1. The molecule has 1 N–H and O–H groups in total. The summed E-state index contributed by atoms with van der Waals surface area (Å²) in [4.78, 5) is 0. The van der Waals surface area contributed by atoms with Gasteiger partial charge in [0, 0.05) is 13.1 Å². The van der Waals surface area contributed by atoms with Crippen molar-refractivity contribution in [2.45, 2.75) is 51.4 Å². The number of piperidine rings is 2. The van der Waals surface area contributed by atoms with Crippen LogP contribution in [0.4, 0.5) is 0 Å². The van der Waals surface area contributed by atoms with E-state index in [2.05, 4.69) is 5.32 Å². The van der Waals surface area contributed by atoms with Crippen LogP contribution in [0.3, 0.4) is 0 Å². The first-order valence-electron chi connectivity index (χ1n) is 8.28. The molecule has 2 saturated heterocycles. The van der Waals surface area contributed by atoms with Crippen LogP contribution >= 0.6 is 0 Å². The minimum Gasteiger partial charge on any atom is -0.316 e. The predicted octanol–water partition coefficient (Wildman–Crippen LogP) is 1.97. The van der Waals surface area contributed by atoms with Gasteiger partial charge in [0.1, 0.15) is 0 Å². The molecule has 2 heterocycles. The molecule has 2 aliphatic heterocycles. The molecule has 5 heteroatoms. The lowest BCUT2D eigenvalue weighted by atomic mass is 9.78. The van der Waals surface area contributed by atoms with Gasteiger partial charge >= 0.3 is 0 Å². The third-order valence-corrected chi connectivity index (χ3v) is 7.73. The quantitative estimate of drug-likeness (QED) is 0.867. The summed E-state index contributed by atoms with van der Waals surface area (Å²) in [6.07, 6.45) is 9.71. The van der Waals surface area contributed by atoms with Gasteiger partial charge in [-0.15, -0.1) is 0 Å². The molecular formula is C15H28N2O2S. The van der Waals surface area contributed by atoms with Crippen molar-refractivity contribution in [3.8, 4) is 0 Å². The molecule has 1 atom stereocenters. The van der Waals surface area contributed by atoms with Crippen LogP contribution in [0.25, 0.3) is 0 Å². The van der Waals surface area contributed by atoms with E-state index < -0.39 is 10.0 Å². The summed E-state index contributed by atoms with van der Waals surface area (Å²) < 4.78 is 26.9. The molecule has 3 fully saturated rings. The third-order valence-electron chi connectivity index (χ3n) is 5.69. The fourth-order valence-corrected chi connectivity index (χ4v) is 6.16. The molecule has 1 saturated carbocycles. The highest BCUT2D eigenvalue weighted by Crippen LogP contribution is 2.46. The Morgan fingerprint density at radius 3 is 2.35 bits per heavy atom. The lowest BCUT2D eigenvalue weighted by Gasteiger charge is -2.39. The Hall–Kier alpha value is -0.130. The van der Waals surface area contributed by atoms with Gasteiger partial charge in [-0.3, -0.25) is 0 Å². The fourth-order valence-electron chi connectivity index (χ4n) is 4.33. The van der Waals surface area contributed by atoms with Crippen molar-refractivity contribution in [1.82, 2.24) is 9.62 Å². The maximum Gasteiger partial charge on any atom is 0.214 e.